The van der Waals surface area contributed by atoms with E-state index in [1.165, 1.54) is 11.1 Å². The zero-order valence-electron chi connectivity index (χ0n) is 14.0. The number of ether oxygens (including phenoxy) is 1. The summed E-state index contributed by atoms with van der Waals surface area (Å²) in [7, 11) is 1.70. The van der Waals surface area contributed by atoms with Crippen molar-refractivity contribution in [3.05, 3.63) is 47.8 Å². The number of methoxy groups -OCH3 is 1. The Morgan fingerprint density at radius 1 is 1.29 bits per heavy atom. The van der Waals surface area contributed by atoms with Crippen molar-refractivity contribution in [1.29, 1.82) is 0 Å². The Morgan fingerprint density at radius 3 is 2.92 bits per heavy atom. The summed E-state index contributed by atoms with van der Waals surface area (Å²) in [5, 5.41) is 12.8. The second-order valence-corrected chi connectivity index (χ2v) is 5.99. The molecule has 1 aliphatic rings. The standard InChI is InChI=1S/C18H24N4O2/c1-24-12-15-6-3-2-5-14(15)10-19-17-9-18(21-13-20-17)22-8-4-7-16(22)11-23/h2-3,5-6,9,13,16,23H,4,7-8,10-12H2,1H3,(H,19,20,21)/t16-/m1/s1. The molecule has 0 aliphatic carbocycles. The first-order chi connectivity index (χ1) is 11.8. The zero-order chi connectivity index (χ0) is 16.8. The van der Waals surface area contributed by atoms with Crippen LogP contribution in [-0.4, -0.2) is 41.4 Å². The van der Waals surface area contributed by atoms with Gasteiger partial charge in [-0.15, -0.1) is 0 Å². The van der Waals surface area contributed by atoms with Crippen LogP contribution in [-0.2, 0) is 17.9 Å². The van der Waals surface area contributed by atoms with Gasteiger partial charge in [-0.1, -0.05) is 24.3 Å². The molecule has 3 rings (SSSR count). The van der Waals surface area contributed by atoms with Crippen molar-refractivity contribution < 1.29 is 9.84 Å². The minimum absolute atomic E-state index is 0.162. The summed E-state index contributed by atoms with van der Waals surface area (Å²) in [6.07, 6.45) is 3.67. The number of rotatable bonds is 7. The molecule has 1 atom stereocenters. The van der Waals surface area contributed by atoms with E-state index >= 15 is 0 Å². The van der Waals surface area contributed by atoms with Crippen molar-refractivity contribution in [2.45, 2.75) is 32.0 Å². The van der Waals surface area contributed by atoms with Gasteiger partial charge in [-0.05, 0) is 24.0 Å². The molecule has 0 saturated carbocycles. The number of anilines is 2. The fourth-order valence-corrected chi connectivity index (χ4v) is 3.14. The van der Waals surface area contributed by atoms with Crippen LogP contribution in [0.3, 0.4) is 0 Å². The van der Waals surface area contributed by atoms with Crippen LogP contribution in [0, 0.1) is 0 Å². The molecule has 0 unspecified atom stereocenters. The lowest BCUT2D eigenvalue weighted by atomic mass is 10.1. The van der Waals surface area contributed by atoms with Crippen molar-refractivity contribution in [2.24, 2.45) is 0 Å². The first-order valence-corrected chi connectivity index (χ1v) is 8.31. The molecule has 0 amide bonds. The molecule has 1 aromatic carbocycles. The van der Waals surface area contributed by atoms with Crippen LogP contribution >= 0.6 is 0 Å². The maximum Gasteiger partial charge on any atom is 0.134 e. The number of nitrogens with zero attached hydrogens (tertiary/aromatic N) is 3. The number of hydrogen-bond donors (Lipinski definition) is 2. The fourth-order valence-electron chi connectivity index (χ4n) is 3.14. The van der Waals surface area contributed by atoms with E-state index in [-0.39, 0.29) is 12.6 Å². The minimum Gasteiger partial charge on any atom is -0.394 e. The third-order valence-corrected chi connectivity index (χ3v) is 4.41. The van der Waals surface area contributed by atoms with Crippen LogP contribution in [0.5, 0.6) is 0 Å². The summed E-state index contributed by atoms with van der Waals surface area (Å²) < 4.78 is 5.25. The number of aromatic nitrogens is 2. The van der Waals surface area contributed by atoms with Gasteiger partial charge in [0.25, 0.3) is 0 Å². The van der Waals surface area contributed by atoms with E-state index in [2.05, 4.69) is 32.3 Å². The van der Waals surface area contributed by atoms with Crippen molar-refractivity contribution >= 4 is 11.6 Å². The average Bonchev–Trinajstić information content (AvgIpc) is 3.10. The summed E-state index contributed by atoms with van der Waals surface area (Å²) in [5.41, 5.74) is 2.36. The lowest BCUT2D eigenvalue weighted by Gasteiger charge is -2.24. The SMILES string of the molecule is COCc1ccccc1CNc1cc(N2CCC[C@@H]2CO)ncn1. The van der Waals surface area contributed by atoms with Crippen molar-refractivity contribution in [3.63, 3.8) is 0 Å². The molecule has 1 aromatic heterocycles. The topological polar surface area (TPSA) is 70.5 Å². The van der Waals surface area contributed by atoms with Gasteiger partial charge in [0.05, 0.1) is 19.3 Å². The molecule has 24 heavy (non-hydrogen) atoms. The van der Waals surface area contributed by atoms with Crippen LogP contribution < -0.4 is 10.2 Å². The van der Waals surface area contributed by atoms with E-state index in [0.717, 1.165) is 31.0 Å². The number of hydrogen-bond acceptors (Lipinski definition) is 6. The molecule has 6 nitrogen and oxygen atoms in total. The highest BCUT2D eigenvalue weighted by Gasteiger charge is 2.25. The summed E-state index contributed by atoms with van der Waals surface area (Å²) in [6.45, 7) is 2.37. The van der Waals surface area contributed by atoms with E-state index in [0.29, 0.717) is 13.2 Å². The number of benzene rings is 1. The Morgan fingerprint density at radius 2 is 2.12 bits per heavy atom. The molecule has 0 radical (unpaired) electrons. The van der Waals surface area contributed by atoms with Crippen LogP contribution in [0.1, 0.15) is 24.0 Å². The molecule has 128 valence electrons. The Hall–Kier alpha value is -2.18. The summed E-state index contributed by atoms with van der Waals surface area (Å²) in [6, 6.07) is 10.3. The number of nitrogens with one attached hydrogen (secondary N) is 1. The fraction of sp³-hybridized carbons (Fsp3) is 0.444. The first kappa shape index (κ1) is 16.7. The Bertz CT molecular complexity index is 665. The van der Waals surface area contributed by atoms with Gasteiger partial charge < -0.3 is 20.1 Å². The number of aliphatic hydroxyl groups is 1. The van der Waals surface area contributed by atoms with Crippen LogP contribution in [0.25, 0.3) is 0 Å². The van der Waals surface area contributed by atoms with Gasteiger partial charge in [0, 0.05) is 26.3 Å². The predicted octanol–water partition coefficient (Wildman–Crippen LogP) is 2.20. The van der Waals surface area contributed by atoms with Crippen molar-refractivity contribution in [2.75, 3.05) is 30.5 Å². The van der Waals surface area contributed by atoms with Gasteiger partial charge in [0.2, 0.25) is 0 Å². The lowest BCUT2D eigenvalue weighted by Crippen LogP contribution is -2.32. The second-order valence-electron chi connectivity index (χ2n) is 5.99. The Balaban J connectivity index is 1.69. The summed E-state index contributed by atoms with van der Waals surface area (Å²) in [4.78, 5) is 10.8. The van der Waals surface area contributed by atoms with Gasteiger partial charge in [0.15, 0.2) is 0 Å². The highest BCUT2D eigenvalue weighted by Crippen LogP contribution is 2.24. The van der Waals surface area contributed by atoms with Crippen molar-refractivity contribution in [3.8, 4) is 0 Å². The van der Waals surface area contributed by atoms with E-state index in [1.54, 1.807) is 13.4 Å². The second kappa shape index (κ2) is 8.08. The zero-order valence-corrected chi connectivity index (χ0v) is 14.0. The van der Waals surface area contributed by atoms with E-state index in [9.17, 15) is 5.11 Å². The van der Waals surface area contributed by atoms with Crippen molar-refractivity contribution in [1.82, 2.24) is 9.97 Å². The minimum atomic E-state index is 0.162. The van der Waals surface area contributed by atoms with E-state index in [1.807, 2.05) is 18.2 Å². The summed E-state index contributed by atoms with van der Waals surface area (Å²) in [5.74, 6) is 1.66. The predicted molar refractivity (Wildman–Crippen MR) is 94.0 cm³/mol. The number of aliphatic hydroxyl groups excluding tert-OH is 1. The molecule has 1 aliphatic heterocycles. The smallest absolute Gasteiger partial charge is 0.134 e. The third-order valence-electron chi connectivity index (χ3n) is 4.41. The Kier molecular flexibility index (Phi) is 5.61. The molecule has 1 saturated heterocycles. The maximum atomic E-state index is 9.49. The van der Waals surface area contributed by atoms with Gasteiger partial charge in [0.1, 0.15) is 18.0 Å². The molecule has 0 spiro atoms. The van der Waals surface area contributed by atoms with Gasteiger partial charge in [-0.25, -0.2) is 9.97 Å². The van der Waals surface area contributed by atoms with Gasteiger partial charge >= 0.3 is 0 Å². The van der Waals surface area contributed by atoms with Gasteiger partial charge in [-0.3, -0.25) is 0 Å². The third kappa shape index (κ3) is 3.83. The highest BCUT2D eigenvalue weighted by molar-refractivity contribution is 5.50. The summed E-state index contributed by atoms with van der Waals surface area (Å²) >= 11 is 0. The molecule has 2 N–H and O–H groups in total. The van der Waals surface area contributed by atoms with Crippen LogP contribution in [0.2, 0.25) is 0 Å². The molecular weight excluding hydrogens is 304 g/mol. The molecule has 1 fully saturated rings. The molecule has 0 bridgehead atoms. The lowest BCUT2D eigenvalue weighted by molar-refractivity contribution is 0.184. The Labute approximate surface area is 142 Å². The molecule has 2 heterocycles. The van der Waals surface area contributed by atoms with Crippen LogP contribution in [0.15, 0.2) is 36.7 Å². The first-order valence-electron chi connectivity index (χ1n) is 8.31. The quantitative estimate of drug-likeness (QED) is 0.812. The largest absolute Gasteiger partial charge is 0.394 e. The monoisotopic (exact) mass is 328 g/mol. The normalized spacial score (nSPS) is 17.2. The van der Waals surface area contributed by atoms with E-state index in [4.69, 9.17) is 4.74 Å². The maximum absolute atomic E-state index is 9.49. The molecule has 6 heteroatoms. The average molecular weight is 328 g/mol. The van der Waals surface area contributed by atoms with E-state index < -0.39 is 0 Å². The molecule has 2 aromatic rings. The highest BCUT2D eigenvalue weighted by atomic mass is 16.5. The molecular formula is C18H24N4O2. The van der Waals surface area contributed by atoms with Crippen LogP contribution in [0.4, 0.5) is 11.6 Å². The van der Waals surface area contributed by atoms with Gasteiger partial charge in [-0.2, -0.15) is 0 Å².